The molecule has 2 heterocycles. The van der Waals surface area contributed by atoms with E-state index in [-0.39, 0.29) is 0 Å². The van der Waals surface area contributed by atoms with Crippen molar-refractivity contribution in [1.29, 1.82) is 0 Å². The van der Waals surface area contributed by atoms with Crippen LogP contribution in [0.4, 0.5) is 17.5 Å². The van der Waals surface area contributed by atoms with Crippen molar-refractivity contribution in [2.24, 2.45) is 0 Å². The Labute approximate surface area is 131 Å². The first kappa shape index (κ1) is 13.9. The van der Waals surface area contributed by atoms with Gasteiger partial charge in [0.1, 0.15) is 5.02 Å². The lowest BCUT2D eigenvalue weighted by Crippen LogP contribution is -2.01. The van der Waals surface area contributed by atoms with E-state index in [0.717, 1.165) is 16.6 Å². The number of aromatic nitrogens is 3. The van der Waals surface area contributed by atoms with Crippen LogP contribution >= 0.6 is 23.2 Å². The Hall–Kier alpha value is -2.11. The fourth-order valence-electron chi connectivity index (χ4n) is 1.94. The van der Waals surface area contributed by atoms with E-state index in [0.29, 0.717) is 21.8 Å². The molecule has 0 atom stereocenters. The summed E-state index contributed by atoms with van der Waals surface area (Å²) in [5.41, 5.74) is 1.53. The topological polar surface area (TPSA) is 62.7 Å². The zero-order valence-corrected chi connectivity index (χ0v) is 12.6. The minimum absolute atomic E-state index is 0.424. The second-order valence-corrected chi connectivity index (χ2v) is 5.07. The zero-order chi connectivity index (χ0) is 14.8. The van der Waals surface area contributed by atoms with Gasteiger partial charge in [-0.25, -0.2) is 4.98 Å². The fraction of sp³-hybridized carbons (Fsp3) is 0.0714. The van der Waals surface area contributed by atoms with Crippen LogP contribution in [-0.4, -0.2) is 22.0 Å². The molecule has 106 valence electrons. The summed E-state index contributed by atoms with van der Waals surface area (Å²) in [4.78, 5) is 12.7. The number of nitrogens with one attached hydrogen (secondary N) is 2. The van der Waals surface area contributed by atoms with E-state index >= 15 is 0 Å². The summed E-state index contributed by atoms with van der Waals surface area (Å²) < 4.78 is 0. The van der Waals surface area contributed by atoms with Gasteiger partial charge in [0, 0.05) is 18.6 Å². The van der Waals surface area contributed by atoms with Crippen LogP contribution in [0.5, 0.6) is 0 Å². The van der Waals surface area contributed by atoms with E-state index in [1.54, 1.807) is 13.2 Å². The highest BCUT2D eigenvalue weighted by atomic mass is 35.5. The van der Waals surface area contributed by atoms with Gasteiger partial charge in [0.2, 0.25) is 5.95 Å². The molecule has 21 heavy (non-hydrogen) atoms. The molecule has 1 aromatic carbocycles. The van der Waals surface area contributed by atoms with Gasteiger partial charge in [-0.3, -0.25) is 4.98 Å². The van der Waals surface area contributed by atoms with Crippen molar-refractivity contribution in [3.8, 4) is 0 Å². The van der Waals surface area contributed by atoms with E-state index in [1.165, 1.54) is 6.20 Å². The third-order valence-electron chi connectivity index (χ3n) is 2.94. The van der Waals surface area contributed by atoms with Crippen LogP contribution in [0.3, 0.4) is 0 Å². The Balaban J connectivity index is 2.08. The third-order valence-corrected chi connectivity index (χ3v) is 3.54. The number of halogens is 2. The third kappa shape index (κ3) is 2.70. The van der Waals surface area contributed by atoms with Crippen molar-refractivity contribution in [3.63, 3.8) is 0 Å². The highest BCUT2D eigenvalue weighted by Gasteiger charge is 2.09. The van der Waals surface area contributed by atoms with Crippen molar-refractivity contribution in [1.82, 2.24) is 15.0 Å². The zero-order valence-electron chi connectivity index (χ0n) is 11.1. The van der Waals surface area contributed by atoms with Crippen LogP contribution in [0.15, 0.2) is 36.7 Å². The number of pyridine rings is 1. The predicted molar refractivity (Wildman–Crippen MR) is 86.6 cm³/mol. The molecule has 0 saturated heterocycles. The molecule has 0 spiro atoms. The van der Waals surface area contributed by atoms with Crippen LogP contribution in [0.25, 0.3) is 10.9 Å². The molecule has 0 amide bonds. The van der Waals surface area contributed by atoms with E-state index in [1.807, 2.05) is 24.3 Å². The van der Waals surface area contributed by atoms with Crippen LogP contribution < -0.4 is 10.6 Å². The van der Waals surface area contributed by atoms with Crippen LogP contribution in [-0.2, 0) is 0 Å². The molecule has 0 fully saturated rings. The summed E-state index contributed by atoms with van der Waals surface area (Å²) in [6, 6.07) is 7.41. The first-order chi connectivity index (χ1) is 10.2. The molecule has 0 radical (unpaired) electrons. The number of benzene rings is 1. The van der Waals surface area contributed by atoms with E-state index < -0.39 is 0 Å². The molecule has 3 rings (SSSR count). The van der Waals surface area contributed by atoms with Gasteiger partial charge in [-0.15, -0.1) is 0 Å². The lowest BCUT2D eigenvalue weighted by molar-refractivity contribution is 1.15. The lowest BCUT2D eigenvalue weighted by Gasteiger charge is -2.11. The molecule has 0 unspecified atom stereocenters. The molecule has 2 aromatic heterocycles. The van der Waals surface area contributed by atoms with E-state index in [4.69, 9.17) is 23.2 Å². The normalized spacial score (nSPS) is 10.6. The Morgan fingerprint density at radius 2 is 1.90 bits per heavy atom. The van der Waals surface area contributed by atoms with Gasteiger partial charge in [-0.05, 0) is 24.3 Å². The smallest absolute Gasteiger partial charge is 0.224 e. The van der Waals surface area contributed by atoms with Crippen molar-refractivity contribution in [3.05, 3.63) is 46.7 Å². The summed E-state index contributed by atoms with van der Waals surface area (Å²) in [6.07, 6.45) is 3.25. The van der Waals surface area contributed by atoms with Gasteiger partial charge in [0.05, 0.1) is 22.4 Å². The Morgan fingerprint density at radius 1 is 1.05 bits per heavy atom. The summed E-state index contributed by atoms with van der Waals surface area (Å²) in [7, 11) is 1.74. The largest absolute Gasteiger partial charge is 0.357 e. The highest BCUT2D eigenvalue weighted by molar-refractivity contribution is 6.36. The molecule has 0 bridgehead atoms. The average Bonchev–Trinajstić information content (AvgIpc) is 2.52. The molecular weight excluding hydrogens is 309 g/mol. The highest BCUT2D eigenvalue weighted by Crippen LogP contribution is 2.31. The van der Waals surface area contributed by atoms with Crippen LogP contribution in [0, 0.1) is 0 Å². The first-order valence-electron chi connectivity index (χ1n) is 6.19. The summed E-state index contributed by atoms with van der Waals surface area (Å²) >= 11 is 12.3. The number of hydrogen-bond acceptors (Lipinski definition) is 5. The Bertz CT molecular complexity index is 806. The van der Waals surface area contributed by atoms with Gasteiger partial charge < -0.3 is 10.6 Å². The minimum Gasteiger partial charge on any atom is -0.357 e. The van der Waals surface area contributed by atoms with Crippen molar-refractivity contribution < 1.29 is 0 Å². The summed E-state index contributed by atoms with van der Waals surface area (Å²) in [5, 5.41) is 7.98. The minimum atomic E-state index is 0.424. The second kappa shape index (κ2) is 5.71. The van der Waals surface area contributed by atoms with Gasteiger partial charge >= 0.3 is 0 Å². The molecule has 0 aliphatic heterocycles. The van der Waals surface area contributed by atoms with Crippen molar-refractivity contribution in [2.75, 3.05) is 17.7 Å². The monoisotopic (exact) mass is 319 g/mol. The molecule has 3 aromatic rings. The molecule has 5 nitrogen and oxygen atoms in total. The molecule has 7 heteroatoms. The SMILES string of the molecule is CNc1ncc(Cl)c(Nc2ccc(Cl)c3cccnc23)n1. The number of fused-ring (bicyclic) bond motifs is 1. The number of rotatable bonds is 3. The Kier molecular flexibility index (Phi) is 3.77. The lowest BCUT2D eigenvalue weighted by atomic mass is 10.2. The quantitative estimate of drug-likeness (QED) is 0.760. The second-order valence-electron chi connectivity index (χ2n) is 4.26. The Morgan fingerprint density at radius 3 is 2.71 bits per heavy atom. The molecule has 0 aliphatic rings. The maximum absolute atomic E-state index is 6.18. The average molecular weight is 320 g/mol. The van der Waals surface area contributed by atoms with E-state index in [2.05, 4.69) is 25.6 Å². The number of nitrogens with zero attached hydrogens (tertiary/aromatic N) is 3. The van der Waals surface area contributed by atoms with Gasteiger partial charge in [-0.1, -0.05) is 23.2 Å². The number of hydrogen-bond donors (Lipinski definition) is 2. The fourth-order valence-corrected chi connectivity index (χ4v) is 2.30. The van der Waals surface area contributed by atoms with E-state index in [9.17, 15) is 0 Å². The van der Waals surface area contributed by atoms with Crippen LogP contribution in [0.2, 0.25) is 10.0 Å². The van der Waals surface area contributed by atoms with Gasteiger partial charge in [-0.2, -0.15) is 4.98 Å². The van der Waals surface area contributed by atoms with Crippen LogP contribution in [0.1, 0.15) is 0 Å². The molecule has 2 N–H and O–H groups in total. The van der Waals surface area contributed by atoms with Crippen molar-refractivity contribution >= 4 is 51.6 Å². The molecule has 0 saturated carbocycles. The van der Waals surface area contributed by atoms with Crippen molar-refractivity contribution in [2.45, 2.75) is 0 Å². The maximum atomic E-state index is 6.18. The summed E-state index contributed by atoms with van der Waals surface area (Å²) in [5.74, 6) is 0.985. The standard InChI is InChI=1S/C14H11Cl2N5/c1-17-14-19-7-10(16)13(21-14)20-11-5-4-9(15)8-3-2-6-18-12(8)11/h2-7H,1H3,(H2,17,19,20,21). The van der Waals surface area contributed by atoms with Gasteiger partial charge in [0.15, 0.2) is 5.82 Å². The van der Waals surface area contributed by atoms with Gasteiger partial charge in [0.25, 0.3) is 0 Å². The first-order valence-corrected chi connectivity index (χ1v) is 6.95. The molecular formula is C14H11Cl2N5. The summed E-state index contributed by atoms with van der Waals surface area (Å²) in [6.45, 7) is 0. The maximum Gasteiger partial charge on any atom is 0.224 e. The molecule has 0 aliphatic carbocycles. The number of anilines is 3. The predicted octanol–water partition coefficient (Wildman–Crippen LogP) is 4.12.